The first kappa shape index (κ1) is 16.4. The number of rotatable bonds is 2. The summed E-state index contributed by atoms with van der Waals surface area (Å²) < 4.78 is 2.35. The molecule has 1 saturated heterocycles. The van der Waals surface area contributed by atoms with E-state index in [1.54, 1.807) is 19.2 Å². The van der Waals surface area contributed by atoms with Crippen LogP contribution in [0.5, 0.6) is 0 Å². The number of nitrogens with zero attached hydrogens (tertiary/aromatic N) is 4. The van der Waals surface area contributed by atoms with Crippen LogP contribution in [0.1, 0.15) is 36.7 Å². The Bertz CT molecular complexity index is 912. The van der Waals surface area contributed by atoms with Gasteiger partial charge in [-0.1, -0.05) is 13.3 Å². The van der Waals surface area contributed by atoms with E-state index in [0.717, 1.165) is 36.9 Å². The lowest BCUT2D eigenvalue weighted by Gasteiger charge is -2.32. The fourth-order valence-corrected chi connectivity index (χ4v) is 3.32. The summed E-state index contributed by atoms with van der Waals surface area (Å²) in [5.74, 6) is 0.392. The van der Waals surface area contributed by atoms with E-state index in [2.05, 4.69) is 11.9 Å². The van der Waals surface area contributed by atoms with Gasteiger partial charge in [0, 0.05) is 27.2 Å². The van der Waals surface area contributed by atoms with Gasteiger partial charge in [-0.05, 0) is 30.9 Å². The third-order valence-electron chi connectivity index (χ3n) is 4.90. The molecule has 128 valence electrons. The van der Waals surface area contributed by atoms with E-state index in [1.165, 1.54) is 11.6 Å². The van der Waals surface area contributed by atoms with Crippen LogP contribution in [0.4, 0.5) is 0 Å². The van der Waals surface area contributed by atoms with Crippen molar-refractivity contribution in [3.8, 4) is 0 Å². The van der Waals surface area contributed by atoms with Gasteiger partial charge in [-0.25, -0.2) is 9.78 Å². The standard InChI is InChI=1S/C17H22N4O3/c1-4-11-6-5-9-21(10-11)16(23)13-8-7-12-14(18-13)19(2)17(24)20(3)15(12)22/h7-8,11H,4-6,9-10H2,1-3H3/t11-/m1/s1. The summed E-state index contributed by atoms with van der Waals surface area (Å²) in [6.45, 7) is 3.60. The topological polar surface area (TPSA) is 77.2 Å². The van der Waals surface area contributed by atoms with Gasteiger partial charge in [0.15, 0.2) is 0 Å². The second-order valence-electron chi connectivity index (χ2n) is 6.44. The maximum absolute atomic E-state index is 12.7. The predicted octanol–water partition coefficient (Wildman–Crippen LogP) is 0.894. The molecule has 2 aromatic rings. The molecule has 0 aliphatic carbocycles. The number of carbonyl (C=O) groups excluding carboxylic acids is 1. The van der Waals surface area contributed by atoms with Crippen molar-refractivity contribution in [1.29, 1.82) is 0 Å². The van der Waals surface area contributed by atoms with E-state index in [0.29, 0.717) is 11.3 Å². The monoisotopic (exact) mass is 330 g/mol. The number of aromatic nitrogens is 3. The average molecular weight is 330 g/mol. The molecular formula is C17H22N4O3. The van der Waals surface area contributed by atoms with Gasteiger partial charge < -0.3 is 4.90 Å². The molecule has 1 aliphatic heterocycles. The first-order valence-electron chi connectivity index (χ1n) is 8.30. The largest absolute Gasteiger partial charge is 0.337 e. The molecule has 0 saturated carbocycles. The van der Waals surface area contributed by atoms with Crippen LogP contribution in [0, 0.1) is 5.92 Å². The Morgan fingerprint density at radius 1 is 1.25 bits per heavy atom. The predicted molar refractivity (Wildman–Crippen MR) is 91.1 cm³/mol. The molecule has 2 aromatic heterocycles. The summed E-state index contributed by atoms with van der Waals surface area (Å²) in [6, 6.07) is 3.16. The van der Waals surface area contributed by atoms with Gasteiger partial charge in [-0.15, -0.1) is 0 Å². The molecule has 1 aliphatic rings. The summed E-state index contributed by atoms with van der Waals surface area (Å²) in [5, 5.41) is 0.334. The van der Waals surface area contributed by atoms with Gasteiger partial charge in [-0.3, -0.25) is 18.7 Å². The first-order valence-corrected chi connectivity index (χ1v) is 8.30. The number of likely N-dealkylation sites (tertiary alicyclic amines) is 1. The van der Waals surface area contributed by atoms with Gasteiger partial charge in [0.2, 0.25) is 0 Å². The van der Waals surface area contributed by atoms with Crippen LogP contribution in [0.2, 0.25) is 0 Å². The van der Waals surface area contributed by atoms with Crippen molar-refractivity contribution in [1.82, 2.24) is 19.0 Å². The highest BCUT2D eigenvalue weighted by Crippen LogP contribution is 2.20. The third kappa shape index (κ3) is 2.64. The van der Waals surface area contributed by atoms with Crippen molar-refractivity contribution in [2.75, 3.05) is 13.1 Å². The third-order valence-corrected chi connectivity index (χ3v) is 4.90. The normalized spacial score (nSPS) is 18.1. The van der Waals surface area contributed by atoms with Gasteiger partial charge >= 0.3 is 5.69 Å². The van der Waals surface area contributed by atoms with Crippen LogP contribution < -0.4 is 11.2 Å². The van der Waals surface area contributed by atoms with Crippen LogP contribution in [-0.4, -0.2) is 38.0 Å². The Balaban J connectivity index is 2.03. The lowest BCUT2D eigenvalue weighted by molar-refractivity contribution is 0.0665. The van der Waals surface area contributed by atoms with Gasteiger partial charge in [-0.2, -0.15) is 0 Å². The number of amides is 1. The number of aryl methyl sites for hydroxylation is 1. The molecule has 3 heterocycles. The van der Waals surface area contributed by atoms with Crippen LogP contribution in [0.15, 0.2) is 21.7 Å². The molecule has 1 atom stereocenters. The number of pyridine rings is 1. The minimum Gasteiger partial charge on any atom is -0.337 e. The second kappa shape index (κ2) is 6.22. The molecule has 24 heavy (non-hydrogen) atoms. The summed E-state index contributed by atoms with van der Waals surface area (Å²) in [7, 11) is 2.99. The highest BCUT2D eigenvalue weighted by atomic mass is 16.2. The van der Waals surface area contributed by atoms with Crippen LogP contribution in [0.25, 0.3) is 11.0 Å². The van der Waals surface area contributed by atoms with E-state index in [1.807, 2.05) is 4.90 Å². The SMILES string of the molecule is CC[C@@H]1CCCN(C(=O)c2ccc3c(=O)n(C)c(=O)n(C)c3n2)C1. The van der Waals surface area contributed by atoms with Crippen molar-refractivity contribution in [2.45, 2.75) is 26.2 Å². The molecule has 0 unspecified atom stereocenters. The highest BCUT2D eigenvalue weighted by Gasteiger charge is 2.25. The molecule has 0 N–H and O–H groups in total. The zero-order valence-electron chi connectivity index (χ0n) is 14.3. The van der Waals surface area contributed by atoms with Crippen molar-refractivity contribution < 1.29 is 4.79 Å². The molecule has 0 bridgehead atoms. The summed E-state index contributed by atoms with van der Waals surface area (Å²) >= 11 is 0. The fourth-order valence-electron chi connectivity index (χ4n) is 3.32. The molecule has 1 amide bonds. The lowest BCUT2D eigenvalue weighted by atomic mass is 9.95. The van der Waals surface area contributed by atoms with Crippen molar-refractivity contribution in [3.05, 3.63) is 38.7 Å². The Kier molecular flexibility index (Phi) is 4.26. The smallest absolute Gasteiger partial charge is 0.332 e. The quantitative estimate of drug-likeness (QED) is 0.819. The van der Waals surface area contributed by atoms with E-state index in [9.17, 15) is 14.4 Å². The maximum Gasteiger partial charge on any atom is 0.332 e. The Hall–Kier alpha value is -2.44. The minimum absolute atomic E-state index is 0.136. The summed E-state index contributed by atoms with van der Waals surface area (Å²) in [4.78, 5) is 43.1. The molecule has 0 spiro atoms. The van der Waals surface area contributed by atoms with E-state index < -0.39 is 11.2 Å². The van der Waals surface area contributed by atoms with Gasteiger partial charge in [0.25, 0.3) is 11.5 Å². The zero-order chi connectivity index (χ0) is 17.4. The second-order valence-corrected chi connectivity index (χ2v) is 6.44. The Labute approximate surface area is 139 Å². The van der Waals surface area contributed by atoms with Crippen LogP contribution in [0.3, 0.4) is 0 Å². The zero-order valence-corrected chi connectivity index (χ0v) is 14.3. The van der Waals surface area contributed by atoms with E-state index >= 15 is 0 Å². The van der Waals surface area contributed by atoms with Gasteiger partial charge in [0.1, 0.15) is 11.3 Å². The minimum atomic E-state index is -0.450. The number of fused-ring (bicyclic) bond motifs is 1. The number of piperidine rings is 1. The number of hydrogen-bond acceptors (Lipinski definition) is 4. The lowest BCUT2D eigenvalue weighted by Crippen LogP contribution is -2.40. The van der Waals surface area contributed by atoms with Crippen molar-refractivity contribution >= 4 is 16.9 Å². The molecule has 7 heteroatoms. The Morgan fingerprint density at radius 2 is 2.00 bits per heavy atom. The summed E-state index contributed by atoms with van der Waals surface area (Å²) in [6.07, 6.45) is 3.20. The van der Waals surface area contributed by atoms with Crippen molar-refractivity contribution in [2.24, 2.45) is 20.0 Å². The van der Waals surface area contributed by atoms with Crippen LogP contribution in [-0.2, 0) is 14.1 Å². The molecule has 7 nitrogen and oxygen atoms in total. The molecule has 0 radical (unpaired) electrons. The fraction of sp³-hybridized carbons (Fsp3) is 0.529. The number of carbonyl (C=O) groups is 1. The van der Waals surface area contributed by atoms with E-state index in [4.69, 9.17) is 0 Å². The molecule has 3 rings (SSSR count). The molecule has 0 aromatic carbocycles. The van der Waals surface area contributed by atoms with Crippen molar-refractivity contribution in [3.63, 3.8) is 0 Å². The first-order chi connectivity index (χ1) is 11.4. The van der Waals surface area contributed by atoms with Crippen LogP contribution >= 0.6 is 0 Å². The molecule has 1 fully saturated rings. The highest BCUT2D eigenvalue weighted by molar-refractivity contribution is 5.94. The molecular weight excluding hydrogens is 308 g/mol. The Morgan fingerprint density at radius 3 is 2.71 bits per heavy atom. The van der Waals surface area contributed by atoms with Gasteiger partial charge in [0.05, 0.1) is 5.39 Å². The maximum atomic E-state index is 12.7. The average Bonchev–Trinajstić information content (AvgIpc) is 2.63. The number of hydrogen-bond donors (Lipinski definition) is 0. The summed E-state index contributed by atoms with van der Waals surface area (Å²) in [5.41, 5.74) is -0.322. The van der Waals surface area contributed by atoms with E-state index in [-0.39, 0.29) is 17.2 Å².